The predicted molar refractivity (Wildman–Crippen MR) is 44.4 cm³/mol. The molecule has 0 saturated carbocycles. The first kappa shape index (κ1) is 20.0. The van der Waals surface area contributed by atoms with Gasteiger partial charge in [-0.3, -0.25) is 4.55 Å². The van der Waals surface area contributed by atoms with Gasteiger partial charge in [0.2, 0.25) is 0 Å². The van der Waals surface area contributed by atoms with Crippen LogP contribution in [0.15, 0.2) is 0 Å². The second kappa shape index (κ2) is 6.95. The molecule has 0 radical (unpaired) electrons. The Morgan fingerprint density at radius 3 is 1.20 bits per heavy atom. The molecule has 0 aliphatic carbocycles. The van der Waals surface area contributed by atoms with Crippen LogP contribution in [0.4, 0.5) is 13.2 Å². The van der Waals surface area contributed by atoms with Gasteiger partial charge in [0.15, 0.2) is 0 Å². The number of rotatable bonds is 0. The molecule has 7 nitrogen and oxygen atoms in total. The molecule has 0 amide bonds. The molecule has 0 saturated heterocycles. The fourth-order valence-corrected chi connectivity index (χ4v) is 0. The summed E-state index contributed by atoms with van der Waals surface area (Å²) in [6, 6.07) is 0. The highest BCUT2D eigenvalue weighted by atomic mass is 32.2. The Kier molecular flexibility index (Phi) is 9.28. The Labute approximate surface area is 86.1 Å². The van der Waals surface area contributed by atoms with Crippen molar-refractivity contribution in [2.75, 3.05) is 12.5 Å². The molecule has 12 heteroatoms. The van der Waals surface area contributed by atoms with Gasteiger partial charge in [0, 0.05) is 6.26 Å². The van der Waals surface area contributed by atoms with Crippen molar-refractivity contribution in [3.8, 4) is 0 Å². The first-order valence-electron chi connectivity index (χ1n) is 2.69. The predicted octanol–water partition coefficient (Wildman–Crippen LogP) is -0.757. The zero-order valence-electron chi connectivity index (χ0n) is 8.52. The van der Waals surface area contributed by atoms with Gasteiger partial charge in [0.1, 0.15) is 0 Å². The zero-order valence-corrected chi connectivity index (χ0v) is 9.15. The fraction of sp³-hybridized carbons (Fsp3) is 1.00. The van der Waals surface area contributed by atoms with Crippen LogP contribution in [-0.2, 0) is 20.2 Å². The summed E-state index contributed by atoms with van der Waals surface area (Å²) < 4.78 is 83.5. The van der Waals surface area contributed by atoms with Crippen molar-refractivity contribution >= 4 is 20.2 Å². The van der Waals surface area contributed by atoms with Crippen molar-refractivity contribution < 1.29 is 40.5 Å². The van der Waals surface area contributed by atoms with Crippen molar-refractivity contribution in [2.45, 2.75) is 6.30 Å². The Balaban J connectivity index is -0.0000000655. The van der Waals surface area contributed by atoms with Crippen molar-refractivity contribution in [3.63, 3.8) is 0 Å². The van der Waals surface area contributed by atoms with Crippen LogP contribution in [0.25, 0.3) is 0 Å². The van der Waals surface area contributed by atoms with E-state index in [-0.39, 0.29) is 1.43 Å². The number of hydrogen-bond acceptors (Lipinski definition) is 6. The molecule has 15 heavy (non-hydrogen) atoms. The summed E-state index contributed by atoms with van der Waals surface area (Å²) in [6.45, 7) is 0. The van der Waals surface area contributed by atoms with Gasteiger partial charge in [-0.05, 0) is 0 Å². The van der Waals surface area contributed by atoms with E-state index in [4.69, 9.17) is 17.5 Å². The maximum atomic E-state index is 10.1. The normalized spacial score (nSPS) is 11.7. The van der Waals surface area contributed by atoms with Crippen LogP contribution in [0.1, 0.15) is 1.43 Å². The minimum absolute atomic E-state index is 0. The second-order valence-corrected chi connectivity index (χ2v) is 4.85. The van der Waals surface area contributed by atoms with E-state index in [1.165, 1.54) is 0 Å². The summed E-state index contributed by atoms with van der Waals surface area (Å²) in [4.78, 5) is 0. The highest BCUT2D eigenvalue weighted by Crippen LogP contribution is 2.01. The van der Waals surface area contributed by atoms with Crippen LogP contribution in [0.2, 0.25) is 0 Å². The monoisotopic (exact) mass is 277 g/mol. The Morgan fingerprint density at radius 1 is 1.20 bits per heavy atom. The van der Waals surface area contributed by atoms with E-state index in [1.54, 1.807) is 0 Å². The van der Waals surface area contributed by atoms with Gasteiger partial charge in [-0.25, -0.2) is 14.2 Å². The van der Waals surface area contributed by atoms with Crippen molar-refractivity contribution in [2.24, 2.45) is 5.73 Å². The lowest BCUT2D eigenvalue weighted by atomic mass is 11.3. The summed E-state index contributed by atoms with van der Waals surface area (Å²) in [5.74, 6) is 0. The average molecular weight is 277 g/mol. The van der Waals surface area contributed by atoms with E-state index in [0.29, 0.717) is 12.5 Å². The Morgan fingerprint density at radius 2 is 1.20 bits per heavy atom. The van der Waals surface area contributed by atoms with Crippen LogP contribution in [0.5, 0.6) is 0 Å². The van der Waals surface area contributed by atoms with E-state index in [2.05, 4.69) is 5.73 Å². The quantitative estimate of drug-likeness (QED) is 0.438. The molecule has 0 atom stereocenters. The van der Waals surface area contributed by atoms with Crippen LogP contribution < -0.4 is 5.73 Å². The lowest BCUT2D eigenvalue weighted by molar-refractivity contribution is -0.122. The van der Waals surface area contributed by atoms with Gasteiger partial charge in [0.25, 0.3) is 10.1 Å². The van der Waals surface area contributed by atoms with Crippen LogP contribution in [0, 0.1) is 0 Å². The SMILES string of the molecule is CS(=O)(=O)O.CS(=O)(=O)[O-].NC(F)(F)F.[H+]. The third-order valence-corrected chi connectivity index (χ3v) is 0. The maximum absolute atomic E-state index is 10.1. The number of hydrogen-bond donors (Lipinski definition) is 2. The van der Waals surface area contributed by atoms with Crippen LogP contribution in [0.3, 0.4) is 0 Å². The molecule has 0 rings (SSSR count). The summed E-state index contributed by atoms with van der Waals surface area (Å²) in [6.07, 6.45) is -3.18. The molecule has 0 aromatic heterocycles. The maximum Gasteiger partial charge on any atom is 1.00 e. The standard InChI is InChI=1S/CH2F3N.2CH4O3S/c2-1(3,4)5;2*1-5(2,3)4/h5H2;2*1H3,(H,2,3,4). The number of halogens is 3. The second-order valence-electron chi connectivity index (χ2n) is 1.98. The van der Waals surface area contributed by atoms with Gasteiger partial charge >= 0.3 is 7.73 Å². The minimum atomic E-state index is -4.50. The largest absolute Gasteiger partial charge is 1.00 e. The third kappa shape index (κ3) is 9820. The molecule has 0 aliphatic heterocycles. The van der Waals surface area contributed by atoms with Crippen molar-refractivity contribution in [3.05, 3.63) is 0 Å². The average Bonchev–Trinajstić information content (AvgIpc) is 1.41. The van der Waals surface area contributed by atoms with Crippen molar-refractivity contribution in [1.82, 2.24) is 0 Å². The summed E-state index contributed by atoms with van der Waals surface area (Å²) >= 11 is 0. The van der Waals surface area contributed by atoms with E-state index in [0.717, 1.165) is 0 Å². The first-order valence-corrected chi connectivity index (χ1v) is 6.35. The lowest BCUT2D eigenvalue weighted by Crippen LogP contribution is -2.20. The van der Waals surface area contributed by atoms with Gasteiger partial charge in [-0.2, -0.15) is 21.6 Å². The van der Waals surface area contributed by atoms with Gasteiger partial charge in [-0.15, -0.1) is 0 Å². The molecule has 0 heterocycles. The smallest absolute Gasteiger partial charge is 0.748 e. The highest BCUT2D eigenvalue weighted by Gasteiger charge is 2.16. The molecular formula is C3H10F3NO6S2. The summed E-state index contributed by atoms with van der Waals surface area (Å²) in [5, 5.41) is 0. The molecule has 3 N–H and O–H groups in total. The minimum Gasteiger partial charge on any atom is -0.748 e. The van der Waals surface area contributed by atoms with Gasteiger partial charge < -0.3 is 4.55 Å². The van der Waals surface area contributed by atoms with E-state index >= 15 is 0 Å². The van der Waals surface area contributed by atoms with Gasteiger partial charge in [-0.1, -0.05) is 0 Å². The lowest BCUT2D eigenvalue weighted by Gasteiger charge is -1.90. The molecule has 0 bridgehead atoms. The fourth-order valence-electron chi connectivity index (χ4n) is 0. The third-order valence-electron chi connectivity index (χ3n) is 0. The Bertz CT molecular complexity index is 296. The highest BCUT2D eigenvalue weighted by molar-refractivity contribution is 7.85. The molecule has 0 aliphatic rings. The van der Waals surface area contributed by atoms with E-state index in [9.17, 15) is 21.6 Å². The first-order chi connectivity index (χ1) is 6.00. The van der Waals surface area contributed by atoms with E-state index in [1.807, 2.05) is 0 Å². The molecule has 0 aromatic rings. The molecule has 0 spiro atoms. The number of alkyl halides is 3. The molecule has 0 unspecified atom stereocenters. The summed E-state index contributed by atoms with van der Waals surface area (Å²) in [7, 11) is -7.58. The van der Waals surface area contributed by atoms with Crippen LogP contribution >= 0.6 is 0 Å². The zero-order chi connectivity index (χ0) is 13.5. The van der Waals surface area contributed by atoms with Crippen molar-refractivity contribution in [1.29, 1.82) is 0 Å². The summed E-state index contributed by atoms with van der Waals surface area (Å²) in [5.41, 5.74) is 3.35. The molecule has 96 valence electrons. The number of nitrogens with two attached hydrogens (primary N) is 1. The Hall–Kier alpha value is -0.430. The molecule has 0 fully saturated rings. The molecule has 0 aromatic carbocycles. The van der Waals surface area contributed by atoms with E-state index < -0.39 is 26.5 Å². The topological polar surface area (TPSA) is 138 Å². The van der Waals surface area contributed by atoms with Crippen LogP contribution in [-0.4, -0.2) is 44.8 Å². The molecular weight excluding hydrogens is 267 g/mol. The van der Waals surface area contributed by atoms with Gasteiger partial charge in [0.05, 0.1) is 16.4 Å².